The highest BCUT2D eigenvalue weighted by Crippen LogP contribution is 2.15. The van der Waals surface area contributed by atoms with Crippen LogP contribution in [0.4, 0.5) is 0 Å². The minimum absolute atomic E-state index is 0.00745. The second-order valence-corrected chi connectivity index (χ2v) is 4.98. The first-order chi connectivity index (χ1) is 9.70. The number of nitriles is 1. The van der Waals surface area contributed by atoms with Crippen molar-refractivity contribution in [3.05, 3.63) is 71.3 Å². The number of hydrogen-bond donors (Lipinski definition) is 0. The topological polar surface area (TPSA) is 40.9 Å². The number of aryl methyl sites for hydroxylation is 1. The Kier molecular flexibility index (Phi) is 4.68. The average molecular weight is 263 g/mol. The number of Topliss-reactive ketones (excluding diaryl/α,β-unsaturated/α-hetero) is 1. The Morgan fingerprint density at radius 1 is 1.10 bits per heavy atom. The van der Waals surface area contributed by atoms with Crippen molar-refractivity contribution in [3.63, 3.8) is 0 Å². The molecule has 2 aromatic carbocycles. The molecule has 0 amide bonds. The molecule has 0 saturated heterocycles. The van der Waals surface area contributed by atoms with Crippen LogP contribution < -0.4 is 0 Å². The number of benzene rings is 2. The van der Waals surface area contributed by atoms with Crippen molar-refractivity contribution >= 4 is 5.78 Å². The van der Waals surface area contributed by atoms with Gasteiger partial charge < -0.3 is 0 Å². The summed E-state index contributed by atoms with van der Waals surface area (Å²) in [4.78, 5) is 12.2. The molecule has 20 heavy (non-hydrogen) atoms. The van der Waals surface area contributed by atoms with Crippen molar-refractivity contribution in [1.29, 1.82) is 5.26 Å². The lowest BCUT2D eigenvalue weighted by molar-refractivity contribution is 0.0924. The van der Waals surface area contributed by atoms with Gasteiger partial charge in [-0.05, 0) is 30.5 Å². The highest BCUT2D eigenvalue weighted by molar-refractivity contribution is 5.97. The number of carbonyl (C=O) groups excluding carboxylic acids is 1. The molecule has 0 radical (unpaired) electrons. The molecule has 2 heteroatoms. The Morgan fingerprint density at radius 2 is 1.75 bits per heavy atom. The van der Waals surface area contributed by atoms with Crippen molar-refractivity contribution in [2.45, 2.75) is 19.8 Å². The summed E-state index contributed by atoms with van der Waals surface area (Å²) >= 11 is 0. The van der Waals surface area contributed by atoms with Crippen LogP contribution in [0, 0.1) is 17.2 Å². The average Bonchev–Trinajstić information content (AvgIpc) is 2.53. The molecule has 2 aromatic rings. The minimum Gasteiger partial charge on any atom is -0.294 e. The molecule has 100 valence electrons. The van der Waals surface area contributed by atoms with Gasteiger partial charge in [-0.3, -0.25) is 4.79 Å². The van der Waals surface area contributed by atoms with E-state index in [1.807, 2.05) is 61.5 Å². The van der Waals surface area contributed by atoms with E-state index in [0.29, 0.717) is 5.56 Å². The van der Waals surface area contributed by atoms with Crippen molar-refractivity contribution in [1.82, 2.24) is 0 Å². The Balaban J connectivity index is 1.93. The predicted octanol–water partition coefficient (Wildman–Crippen LogP) is 4.01. The molecule has 2 nitrogen and oxygen atoms in total. The molecule has 0 N–H and O–H groups in total. The maximum absolute atomic E-state index is 12.2. The van der Waals surface area contributed by atoms with Gasteiger partial charge in [0.15, 0.2) is 5.78 Å². The Morgan fingerprint density at radius 3 is 2.35 bits per heavy atom. The number of rotatable bonds is 5. The molecule has 2 rings (SSSR count). The van der Waals surface area contributed by atoms with E-state index in [9.17, 15) is 4.79 Å². The van der Waals surface area contributed by atoms with E-state index in [2.05, 4.69) is 6.07 Å². The molecule has 0 aliphatic carbocycles. The van der Waals surface area contributed by atoms with E-state index in [4.69, 9.17) is 5.26 Å². The van der Waals surface area contributed by atoms with Gasteiger partial charge in [0.05, 0.1) is 11.6 Å². The fourth-order valence-corrected chi connectivity index (χ4v) is 2.15. The van der Waals surface area contributed by atoms with Crippen molar-refractivity contribution in [2.75, 3.05) is 0 Å². The van der Waals surface area contributed by atoms with Crippen LogP contribution in [0.1, 0.15) is 34.8 Å². The molecule has 0 aliphatic rings. The summed E-state index contributed by atoms with van der Waals surface area (Å²) in [5, 5.41) is 8.75. The maximum atomic E-state index is 12.2. The molecule has 1 unspecified atom stereocenters. The van der Waals surface area contributed by atoms with Crippen LogP contribution in [0.3, 0.4) is 0 Å². The summed E-state index contributed by atoms with van der Waals surface area (Å²) < 4.78 is 0. The highest BCUT2D eigenvalue weighted by atomic mass is 16.1. The van der Waals surface area contributed by atoms with Gasteiger partial charge in [0, 0.05) is 11.5 Å². The zero-order valence-corrected chi connectivity index (χ0v) is 11.5. The Bertz CT molecular complexity index is 608. The van der Waals surface area contributed by atoms with E-state index in [1.54, 1.807) is 0 Å². The van der Waals surface area contributed by atoms with Crippen LogP contribution >= 0.6 is 0 Å². The van der Waals surface area contributed by atoms with E-state index in [-0.39, 0.29) is 11.7 Å². The first-order valence-electron chi connectivity index (χ1n) is 6.79. The van der Waals surface area contributed by atoms with E-state index in [1.165, 1.54) is 0 Å². The number of ketones is 1. The summed E-state index contributed by atoms with van der Waals surface area (Å²) in [6, 6.07) is 19.1. The molecule has 0 fully saturated rings. The monoisotopic (exact) mass is 263 g/mol. The van der Waals surface area contributed by atoms with Gasteiger partial charge in [-0.25, -0.2) is 0 Å². The second-order valence-electron chi connectivity index (χ2n) is 4.98. The predicted molar refractivity (Wildman–Crippen MR) is 79.4 cm³/mol. The molecule has 0 saturated carbocycles. The second kappa shape index (κ2) is 6.68. The van der Waals surface area contributed by atoms with Crippen molar-refractivity contribution in [3.8, 4) is 6.07 Å². The van der Waals surface area contributed by atoms with Crippen LogP contribution in [0.15, 0.2) is 54.6 Å². The lowest BCUT2D eigenvalue weighted by Gasteiger charge is -2.10. The minimum atomic E-state index is 0.00745. The summed E-state index contributed by atoms with van der Waals surface area (Å²) in [6.07, 6.45) is 1.67. The fourth-order valence-electron chi connectivity index (χ4n) is 2.15. The van der Waals surface area contributed by atoms with E-state index < -0.39 is 0 Å². The number of carbonyl (C=O) groups is 1. The van der Waals surface area contributed by atoms with Crippen molar-refractivity contribution in [2.24, 2.45) is 5.92 Å². The van der Waals surface area contributed by atoms with Gasteiger partial charge in [0.1, 0.15) is 0 Å². The van der Waals surface area contributed by atoms with Crippen molar-refractivity contribution < 1.29 is 4.79 Å². The standard InChI is InChI=1S/C18H17NO/c1-14(18(20)17-5-3-2-4-6-17)7-8-15-9-11-16(13-19)12-10-15/h2-6,9-12,14H,7-8H2,1H3. The smallest absolute Gasteiger partial charge is 0.165 e. The molecule has 0 aliphatic heterocycles. The van der Waals surface area contributed by atoms with Gasteiger partial charge in [0.2, 0.25) is 0 Å². The molecule has 0 heterocycles. The zero-order chi connectivity index (χ0) is 14.4. The fraction of sp³-hybridized carbons (Fsp3) is 0.222. The third-order valence-electron chi connectivity index (χ3n) is 3.45. The van der Waals surface area contributed by atoms with E-state index in [0.717, 1.165) is 24.0 Å². The largest absolute Gasteiger partial charge is 0.294 e. The lowest BCUT2D eigenvalue weighted by atomic mass is 9.93. The maximum Gasteiger partial charge on any atom is 0.165 e. The zero-order valence-electron chi connectivity index (χ0n) is 11.5. The first kappa shape index (κ1) is 14.0. The van der Waals surface area contributed by atoms with Gasteiger partial charge in [-0.2, -0.15) is 5.26 Å². The third-order valence-corrected chi connectivity index (χ3v) is 3.45. The van der Waals surface area contributed by atoms with Crippen LogP contribution in [0.25, 0.3) is 0 Å². The van der Waals surface area contributed by atoms with Gasteiger partial charge in [-0.1, -0.05) is 49.4 Å². The van der Waals surface area contributed by atoms with Gasteiger partial charge in [-0.15, -0.1) is 0 Å². The highest BCUT2D eigenvalue weighted by Gasteiger charge is 2.14. The number of nitrogens with zero attached hydrogens (tertiary/aromatic N) is 1. The van der Waals surface area contributed by atoms with Crippen LogP contribution in [-0.2, 0) is 6.42 Å². The van der Waals surface area contributed by atoms with Crippen LogP contribution in [0.5, 0.6) is 0 Å². The van der Waals surface area contributed by atoms with Gasteiger partial charge in [0.25, 0.3) is 0 Å². The summed E-state index contributed by atoms with van der Waals surface area (Å²) in [5.41, 5.74) is 2.61. The first-order valence-corrected chi connectivity index (χ1v) is 6.79. The summed E-state index contributed by atoms with van der Waals surface area (Å²) in [5.74, 6) is 0.201. The third kappa shape index (κ3) is 3.55. The Labute approximate surface area is 119 Å². The molecular weight excluding hydrogens is 246 g/mol. The normalized spacial score (nSPS) is 11.6. The molecule has 0 aromatic heterocycles. The lowest BCUT2D eigenvalue weighted by Crippen LogP contribution is -2.12. The Hall–Kier alpha value is -2.40. The SMILES string of the molecule is CC(CCc1ccc(C#N)cc1)C(=O)c1ccccc1. The van der Waals surface area contributed by atoms with Gasteiger partial charge >= 0.3 is 0 Å². The molecule has 0 spiro atoms. The summed E-state index contributed by atoms with van der Waals surface area (Å²) in [7, 11) is 0. The van der Waals surface area contributed by atoms with Crippen LogP contribution in [-0.4, -0.2) is 5.78 Å². The summed E-state index contributed by atoms with van der Waals surface area (Å²) in [6.45, 7) is 1.97. The molecule has 1 atom stereocenters. The molecular formula is C18H17NO. The molecule has 0 bridgehead atoms. The number of hydrogen-bond acceptors (Lipinski definition) is 2. The van der Waals surface area contributed by atoms with E-state index >= 15 is 0 Å². The van der Waals surface area contributed by atoms with Crippen LogP contribution in [0.2, 0.25) is 0 Å². The quantitative estimate of drug-likeness (QED) is 0.765.